The number of benzene rings is 4. The van der Waals surface area contributed by atoms with Gasteiger partial charge in [0.1, 0.15) is 0 Å². The molecule has 1 aliphatic rings. The summed E-state index contributed by atoms with van der Waals surface area (Å²) in [6, 6.07) is 32.6. The van der Waals surface area contributed by atoms with Gasteiger partial charge >= 0.3 is 10.1 Å². The summed E-state index contributed by atoms with van der Waals surface area (Å²) < 4.78 is 33.5. The van der Waals surface area contributed by atoms with Crippen LogP contribution in [-0.2, 0) is 13.7 Å². The molecule has 0 saturated heterocycles. The summed E-state index contributed by atoms with van der Waals surface area (Å²) in [6.45, 7) is 0. The first-order valence-corrected chi connectivity index (χ1v) is 13.0. The minimum atomic E-state index is -3.97. The van der Waals surface area contributed by atoms with E-state index in [0.29, 0.717) is 0 Å². The molecule has 5 rings (SSSR count). The van der Waals surface area contributed by atoms with Crippen LogP contribution in [0.4, 0.5) is 0 Å². The van der Waals surface area contributed by atoms with Crippen molar-refractivity contribution in [1.82, 2.24) is 0 Å². The van der Waals surface area contributed by atoms with Gasteiger partial charge in [-0.25, -0.2) is 3.63 Å². The third-order valence-corrected chi connectivity index (χ3v) is 11.1. The Labute approximate surface area is 179 Å². The van der Waals surface area contributed by atoms with E-state index < -0.39 is 20.4 Å². The van der Waals surface area contributed by atoms with Crippen LogP contribution >= 0.6 is 10.3 Å². The molecule has 0 bridgehead atoms. The van der Waals surface area contributed by atoms with E-state index in [-0.39, 0.29) is 10.1 Å². The maximum absolute atomic E-state index is 13.6. The molecule has 0 aliphatic heterocycles. The van der Waals surface area contributed by atoms with Gasteiger partial charge in [0.2, 0.25) is 0 Å². The standard InChI is InChI=1S/C25H22O3S2/c26-30(27,25-16-15-20-9-7-8-10-21(20)19-25)28-29(24-17-18-24,22-11-3-1-4-12-22)23-13-5-2-6-14-23/h1-16,19,24H,17-18H2. The van der Waals surface area contributed by atoms with Gasteiger partial charge in [-0.2, -0.15) is 8.42 Å². The monoisotopic (exact) mass is 434 g/mol. The van der Waals surface area contributed by atoms with Crippen LogP contribution in [0.1, 0.15) is 12.8 Å². The summed E-state index contributed by atoms with van der Waals surface area (Å²) in [4.78, 5) is 2.09. The molecule has 1 fully saturated rings. The molecule has 0 spiro atoms. The molecule has 152 valence electrons. The highest BCUT2D eigenvalue weighted by Gasteiger charge is 2.48. The van der Waals surface area contributed by atoms with Crippen LogP contribution in [0, 0.1) is 0 Å². The van der Waals surface area contributed by atoms with Crippen molar-refractivity contribution >= 4 is 31.2 Å². The SMILES string of the molecule is O=S(=O)(OS(c1ccccc1)(c1ccccc1)C1CC1)c1ccc2ccccc2c1. The fraction of sp³-hybridized carbons (Fsp3) is 0.120. The highest BCUT2D eigenvalue weighted by atomic mass is 32.3. The predicted molar refractivity (Wildman–Crippen MR) is 122 cm³/mol. The van der Waals surface area contributed by atoms with Gasteiger partial charge in [-0.05, 0) is 60.0 Å². The van der Waals surface area contributed by atoms with Gasteiger partial charge in [-0.3, -0.25) is 0 Å². The third kappa shape index (κ3) is 3.43. The molecule has 0 heterocycles. The van der Waals surface area contributed by atoms with Crippen LogP contribution in [0.25, 0.3) is 10.8 Å². The zero-order valence-electron chi connectivity index (χ0n) is 16.3. The zero-order valence-corrected chi connectivity index (χ0v) is 18.0. The number of rotatable bonds is 6. The summed E-state index contributed by atoms with van der Waals surface area (Å²) >= 11 is 0. The molecular weight excluding hydrogens is 412 g/mol. The molecule has 5 heteroatoms. The molecule has 0 radical (unpaired) electrons. The van der Waals surface area contributed by atoms with Crippen molar-refractivity contribution in [3.8, 4) is 0 Å². The molecule has 3 nitrogen and oxygen atoms in total. The van der Waals surface area contributed by atoms with Crippen LogP contribution in [0.15, 0.2) is 118 Å². The molecule has 30 heavy (non-hydrogen) atoms. The Morgan fingerprint density at radius 2 is 1.13 bits per heavy atom. The Hall–Kier alpha value is -2.60. The van der Waals surface area contributed by atoms with Gasteiger partial charge < -0.3 is 0 Å². The minimum Gasteiger partial charge on any atom is -0.207 e. The topological polar surface area (TPSA) is 43.4 Å². The van der Waals surface area contributed by atoms with Crippen molar-refractivity contribution in [2.45, 2.75) is 32.8 Å². The first-order valence-electron chi connectivity index (χ1n) is 9.97. The normalized spacial score (nSPS) is 15.2. The van der Waals surface area contributed by atoms with Crippen molar-refractivity contribution in [1.29, 1.82) is 0 Å². The van der Waals surface area contributed by atoms with Gasteiger partial charge in [0.15, 0.2) is 0 Å². The van der Waals surface area contributed by atoms with E-state index in [9.17, 15) is 8.42 Å². The summed E-state index contributed by atoms with van der Waals surface area (Å²) in [7, 11) is -6.18. The summed E-state index contributed by atoms with van der Waals surface area (Å²) in [5, 5.41) is 2.08. The summed E-state index contributed by atoms with van der Waals surface area (Å²) in [5.74, 6) is 0. The van der Waals surface area contributed by atoms with Crippen molar-refractivity contribution in [3.63, 3.8) is 0 Å². The lowest BCUT2D eigenvalue weighted by Gasteiger charge is -2.39. The van der Waals surface area contributed by atoms with Crippen LogP contribution in [0.2, 0.25) is 0 Å². The average molecular weight is 435 g/mol. The van der Waals surface area contributed by atoms with Crippen molar-refractivity contribution in [2.75, 3.05) is 0 Å². The largest absolute Gasteiger partial charge is 0.306 e. The molecule has 0 aromatic heterocycles. The van der Waals surface area contributed by atoms with Crippen molar-refractivity contribution < 1.29 is 12.0 Å². The second-order valence-electron chi connectivity index (χ2n) is 7.46. The van der Waals surface area contributed by atoms with E-state index >= 15 is 0 Å². The Bertz CT molecular complexity index is 1240. The smallest absolute Gasteiger partial charge is 0.207 e. The van der Waals surface area contributed by atoms with E-state index in [2.05, 4.69) is 0 Å². The van der Waals surface area contributed by atoms with Gasteiger partial charge in [0, 0.05) is 15.0 Å². The Kier molecular flexibility index (Phi) is 4.89. The lowest BCUT2D eigenvalue weighted by Crippen LogP contribution is -2.17. The number of fused-ring (bicyclic) bond motifs is 1. The second-order valence-corrected chi connectivity index (χ2v) is 12.2. The van der Waals surface area contributed by atoms with E-state index in [1.165, 1.54) is 0 Å². The second kappa shape index (κ2) is 7.58. The van der Waals surface area contributed by atoms with Crippen LogP contribution < -0.4 is 0 Å². The molecule has 0 atom stereocenters. The Morgan fingerprint density at radius 3 is 1.70 bits per heavy atom. The maximum Gasteiger partial charge on any atom is 0.306 e. The quantitative estimate of drug-likeness (QED) is 0.346. The van der Waals surface area contributed by atoms with E-state index in [0.717, 1.165) is 33.4 Å². The molecule has 4 aromatic carbocycles. The van der Waals surface area contributed by atoms with Crippen LogP contribution in [-0.4, -0.2) is 13.7 Å². The Morgan fingerprint density at radius 1 is 0.600 bits per heavy atom. The molecule has 0 unspecified atom stereocenters. The molecule has 0 amide bonds. The molecule has 1 saturated carbocycles. The maximum atomic E-state index is 13.6. The molecular formula is C25H22O3S2. The van der Waals surface area contributed by atoms with E-state index in [4.69, 9.17) is 3.63 Å². The zero-order chi connectivity index (χ0) is 20.6. The lowest BCUT2D eigenvalue weighted by molar-refractivity contribution is 0.508. The fourth-order valence-electron chi connectivity index (χ4n) is 3.80. The first kappa shape index (κ1) is 19.4. The van der Waals surface area contributed by atoms with Gasteiger partial charge in [0.25, 0.3) is 0 Å². The molecule has 0 N–H and O–H groups in total. The lowest BCUT2D eigenvalue weighted by atomic mass is 10.1. The van der Waals surface area contributed by atoms with Crippen molar-refractivity contribution in [2.24, 2.45) is 0 Å². The van der Waals surface area contributed by atoms with E-state index in [1.807, 2.05) is 91.0 Å². The van der Waals surface area contributed by atoms with Gasteiger partial charge in [-0.1, -0.05) is 77.0 Å². The number of hydrogen-bond acceptors (Lipinski definition) is 3. The Balaban J connectivity index is 1.66. The molecule has 1 aliphatic carbocycles. The van der Waals surface area contributed by atoms with Crippen molar-refractivity contribution in [3.05, 3.63) is 103 Å². The first-order chi connectivity index (χ1) is 14.6. The average Bonchev–Trinajstić information content (AvgIpc) is 3.64. The van der Waals surface area contributed by atoms with Crippen LogP contribution in [0.3, 0.4) is 0 Å². The highest BCUT2D eigenvalue weighted by molar-refractivity contribution is 8.33. The molecule has 4 aromatic rings. The van der Waals surface area contributed by atoms with E-state index in [1.54, 1.807) is 12.1 Å². The number of hydrogen-bond donors (Lipinski definition) is 0. The summed E-state index contributed by atoms with van der Waals surface area (Å²) in [6.07, 6.45) is 1.93. The van der Waals surface area contributed by atoms with Gasteiger partial charge in [0.05, 0.1) is 4.90 Å². The predicted octanol–water partition coefficient (Wildman–Crippen LogP) is 6.55. The third-order valence-electron chi connectivity index (χ3n) is 5.39. The van der Waals surface area contributed by atoms with Gasteiger partial charge in [-0.15, -0.1) is 0 Å². The summed E-state index contributed by atoms with van der Waals surface area (Å²) in [5.41, 5.74) is 0. The minimum absolute atomic E-state index is 0.192. The van der Waals surface area contributed by atoms with Crippen LogP contribution in [0.5, 0.6) is 0 Å². The fourth-order valence-corrected chi connectivity index (χ4v) is 9.79. The highest BCUT2D eigenvalue weighted by Crippen LogP contribution is 2.73.